The first-order valence-electron chi connectivity index (χ1n) is 9.68. The summed E-state index contributed by atoms with van der Waals surface area (Å²) in [5.74, 6) is 2.64. The maximum Gasteiger partial charge on any atom is 0.499 e. The van der Waals surface area contributed by atoms with E-state index in [2.05, 4.69) is 38.3 Å². The first kappa shape index (κ1) is 21.5. The number of hydrogen-bond acceptors (Lipinski definition) is 4. The topological polar surface area (TPSA) is 36.9 Å². The van der Waals surface area contributed by atoms with Gasteiger partial charge in [0.25, 0.3) is 0 Å². The number of rotatable bonds is 11. The van der Waals surface area contributed by atoms with Gasteiger partial charge in [0.05, 0.1) is 0 Å². The van der Waals surface area contributed by atoms with E-state index < -0.39 is 25.4 Å². The third kappa shape index (κ3) is 5.85. The van der Waals surface area contributed by atoms with Crippen molar-refractivity contribution in [1.82, 2.24) is 0 Å². The van der Waals surface area contributed by atoms with Crippen LogP contribution in [0.4, 0.5) is 0 Å². The van der Waals surface area contributed by atoms with Crippen LogP contribution in [0.15, 0.2) is 12.2 Å². The Morgan fingerprint density at radius 2 is 1.40 bits per heavy atom. The van der Waals surface area contributed by atoms with Gasteiger partial charge in [-0.15, -0.1) is 0 Å². The Bertz CT molecular complexity index is 455. The third-order valence-electron chi connectivity index (χ3n) is 6.05. The van der Waals surface area contributed by atoms with Crippen LogP contribution in [0.3, 0.4) is 0 Å². The molecule has 1 fully saturated rings. The predicted octanol–water partition coefficient (Wildman–Crippen LogP) is 4.89. The molecule has 0 aromatic carbocycles. The Morgan fingerprint density at radius 3 is 1.88 bits per heavy atom. The van der Waals surface area contributed by atoms with E-state index in [-0.39, 0.29) is 0 Å². The van der Waals surface area contributed by atoms with E-state index in [0.29, 0.717) is 0 Å². The highest BCUT2D eigenvalue weighted by atomic mass is 28.4. The molecule has 0 N–H and O–H groups in total. The van der Waals surface area contributed by atoms with E-state index in [0.717, 1.165) is 29.8 Å². The van der Waals surface area contributed by atoms with E-state index in [1.807, 2.05) is 0 Å². The molecule has 3 atom stereocenters. The Hall–Kier alpha value is 0.231. The van der Waals surface area contributed by atoms with Crippen molar-refractivity contribution < 1.29 is 17.4 Å². The lowest BCUT2D eigenvalue weighted by Crippen LogP contribution is -2.48. The summed E-state index contributed by atoms with van der Waals surface area (Å²) >= 11 is 0. The second kappa shape index (κ2) is 8.50. The van der Waals surface area contributed by atoms with Crippen molar-refractivity contribution in [2.24, 2.45) is 17.8 Å². The molecule has 0 aromatic heterocycles. The zero-order valence-electron chi connectivity index (χ0n) is 17.3. The van der Waals surface area contributed by atoms with Gasteiger partial charge in [-0.2, -0.15) is 0 Å². The van der Waals surface area contributed by atoms with Gasteiger partial charge in [-0.05, 0) is 68.9 Å². The Kier molecular flexibility index (Phi) is 7.32. The maximum atomic E-state index is 6.81. The van der Waals surface area contributed by atoms with Gasteiger partial charge < -0.3 is 17.4 Å². The molecule has 7 heteroatoms. The minimum Gasteiger partial charge on any atom is -0.456 e. The predicted molar refractivity (Wildman–Crippen MR) is 111 cm³/mol. The van der Waals surface area contributed by atoms with Crippen molar-refractivity contribution >= 4 is 25.4 Å². The highest BCUT2D eigenvalue weighted by Crippen LogP contribution is 2.46. The fourth-order valence-electron chi connectivity index (χ4n) is 4.62. The van der Waals surface area contributed by atoms with E-state index >= 15 is 0 Å². The van der Waals surface area contributed by atoms with Gasteiger partial charge >= 0.3 is 8.80 Å². The summed E-state index contributed by atoms with van der Waals surface area (Å²) in [5.41, 5.74) is 0. The molecule has 0 radical (unpaired) electrons. The van der Waals surface area contributed by atoms with Crippen LogP contribution >= 0.6 is 0 Å². The fraction of sp³-hybridized carbons (Fsp3) is 0.889. The van der Waals surface area contributed by atoms with E-state index in [1.54, 1.807) is 21.3 Å². The largest absolute Gasteiger partial charge is 0.499 e. The van der Waals surface area contributed by atoms with Crippen LogP contribution in [-0.4, -0.2) is 46.8 Å². The van der Waals surface area contributed by atoms with Crippen LogP contribution in [0.5, 0.6) is 0 Å². The van der Waals surface area contributed by atoms with Gasteiger partial charge in [-0.3, -0.25) is 0 Å². The molecule has 0 aliphatic heterocycles. The van der Waals surface area contributed by atoms with Gasteiger partial charge in [0.15, 0.2) is 16.6 Å². The third-order valence-corrected chi connectivity index (χ3v) is 16.6. The molecular weight excluding hydrogens is 364 g/mol. The minimum atomic E-state index is -2.49. The van der Waals surface area contributed by atoms with Crippen LogP contribution in [-0.2, 0) is 17.4 Å². The second-order valence-electron chi connectivity index (χ2n) is 9.00. The Balaban J connectivity index is 1.81. The monoisotopic (exact) mass is 402 g/mol. The highest BCUT2D eigenvalue weighted by molar-refractivity contribution is 6.85. The highest BCUT2D eigenvalue weighted by Gasteiger charge is 2.42. The lowest BCUT2D eigenvalue weighted by Gasteiger charge is -2.36. The van der Waals surface area contributed by atoms with Gasteiger partial charge in [0, 0.05) is 27.4 Å². The first-order chi connectivity index (χ1) is 11.6. The smallest absolute Gasteiger partial charge is 0.456 e. The minimum absolute atomic E-state index is 0.845. The summed E-state index contributed by atoms with van der Waals surface area (Å²) in [5, 5.41) is 0. The summed E-state index contributed by atoms with van der Waals surface area (Å²) in [6, 6.07) is 3.16. The summed E-state index contributed by atoms with van der Waals surface area (Å²) in [6.07, 6.45) is 9.08. The quantitative estimate of drug-likeness (QED) is 0.364. The van der Waals surface area contributed by atoms with Crippen molar-refractivity contribution in [3.05, 3.63) is 12.2 Å². The molecule has 0 amide bonds. The van der Waals surface area contributed by atoms with Crippen LogP contribution in [0, 0.1) is 17.8 Å². The maximum absolute atomic E-state index is 6.81. The molecule has 2 bridgehead atoms. The Labute approximate surface area is 157 Å². The fourth-order valence-corrected chi connectivity index (χ4v) is 17.2. The van der Waals surface area contributed by atoms with Crippen LogP contribution < -0.4 is 0 Å². The normalized spacial score (nSPS) is 26.6. The molecule has 0 heterocycles. The Morgan fingerprint density at radius 1 is 0.800 bits per heavy atom. The van der Waals surface area contributed by atoms with Crippen molar-refractivity contribution in [3.63, 3.8) is 0 Å². The summed E-state index contributed by atoms with van der Waals surface area (Å²) < 4.78 is 23.5. The van der Waals surface area contributed by atoms with Crippen LogP contribution in [0.2, 0.25) is 44.3 Å². The molecule has 0 aromatic rings. The molecule has 25 heavy (non-hydrogen) atoms. The lowest BCUT2D eigenvalue weighted by molar-refractivity contribution is 0.125. The molecule has 3 unspecified atom stereocenters. The van der Waals surface area contributed by atoms with E-state index in [1.165, 1.54) is 25.3 Å². The molecule has 2 rings (SSSR count). The van der Waals surface area contributed by atoms with Gasteiger partial charge in [0.2, 0.25) is 0 Å². The van der Waals surface area contributed by atoms with Crippen molar-refractivity contribution in [1.29, 1.82) is 0 Å². The number of allylic oxidation sites excluding steroid dienone is 2. The molecule has 4 nitrogen and oxygen atoms in total. The second-order valence-corrected chi connectivity index (χ2v) is 20.9. The average Bonchev–Trinajstić information content (AvgIpc) is 3.17. The lowest BCUT2D eigenvalue weighted by atomic mass is 9.91. The van der Waals surface area contributed by atoms with Gasteiger partial charge in [-0.1, -0.05) is 18.6 Å². The van der Waals surface area contributed by atoms with Crippen LogP contribution in [0.1, 0.15) is 19.3 Å². The van der Waals surface area contributed by atoms with Crippen molar-refractivity contribution in [2.45, 2.75) is 63.6 Å². The summed E-state index contributed by atoms with van der Waals surface area (Å²) in [6.45, 7) is 9.47. The molecule has 0 saturated heterocycles. The summed E-state index contributed by atoms with van der Waals surface area (Å²) in [4.78, 5) is 0. The zero-order valence-corrected chi connectivity index (χ0v) is 20.3. The van der Waals surface area contributed by atoms with E-state index in [9.17, 15) is 0 Å². The zero-order chi connectivity index (χ0) is 18.7. The van der Waals surface area contributed by atoms with Gasteiger partial charge in [0.1, 0.15) is 0 Å². The summed E-state index contributed by atoms with van der Waals surface area (Å²) in [7, 11) is -0.792. The number of fused-ring (bicyclic) bond motifs is 2. The van der Waals surface area contributed by atoms with Crippen LogP contribution in [0.25, 0.3) is 0 Å². The average molecular weight is 403 g/mol. The molecule has 2 aliphatic rings. The first-order valence-corrected chi connectivity index (χ1v) is 17.8. The molecule has 1 saturated carbocycles. The molecule has 146 valence electrons. The molecule has 2 aliphatic carbocycles. The molecule has 0 spiro atoms. The van der Waals surface area contributed by atoms with Crippen molar-refractivity contribution in [3.8, 4) is 0 Å². The van der Waals surface area contributed by atoms with Gasteiger partial charge in [-0.25, -0.2) is 0 Å². The van der Waals surface area contributed by atoms with Crippen molar-refractivity contribution in [2.75, 3.05) is 21.3 Å². The van der Waals surface area contributed by atoms with E-state index in [4.69, 9.17) is 17.4 Å². The number of hydrogen-bond donors (Lipinski definition) is 0. The standard InChI is InChI=1S/C18H38O4Si3/c1-19-25(20-2,21-3)13-12-24(6,7)22-23(4,5)11-10-18-15-16-8-9-17(18)14-16/h8-9,16-18H,10-15H2,1-7H3. The molecular formula is C18H38O4Si3. The SMILES string of the molecule is CO[Si](CC[Si](C)(C)O[Si](C)(C)CCC1CC2C=CC1C2)(OC)OC.